The number of hydrogen-bond acceptors (Lipinski definition) is 3. The molecule has 0 unspecified atom stereocenters. The molecule has 0 bridgehead atoms. The van der Waals surface area contributed by atoms with Crippen LogP contribution >= 0.6 is 0 Å². The Morgan fingerprint density at radius 3 is 2.67 bits per heavy atom. The molecule has 1 atom stereocenters. The predicted molar refractivity (Wildman–Crippen MR) is 72.1 cm³/mol. The van der Waals surface area contributed by atoms with Crippen LogP contribution in [-0.2, 0) is 4.79 Å². The first kappa shape index (κ1) is 14.9. The third kappa shape index (κ3) is 3.18. The van der Waals surface area contributed by atoms with Gasteiger partial charge in [-0.2, -0.15) is 0 Å². The van der Waals surface area contributed by atoms with Gasteiger partial charge in [-0.25, -0.2) is 0 Å². The highest BCUT2D eigenvalue weighted by Gasteiger charge is 2.36. The topological polar surface area (TPSA) is 57.5 Å². The minimum Gasteiger partial charge on any atom is -0.392 e. The lowest BCUT2D eigenvalue weighted by Crippen LogP contribution is -2.35. The van der Waals surface area contributed by atoms with E-state index >= 15 is 0 Å². The van der Waals surface area contributed by atoms with E-state index in [0.29, 0.717) is 12.0 Å². The fraction of sp³-hybridized carbons (Fsp3) is 0.533. The molecular formula is C15H22O3. The van der Waals surface area contributed by atoms with E-state index in [1.807, 2.05) is 32.9 Å². The zero-order valence-electron chi connectivity index (χ0n) is 11.5. The average Bonchev–Trinajstić information content (AvgIpc) is 2.25. The number of aliphatic hydroxyl groups is 2. The molecule has 0 saturated carbocycles. The summed E-state index contributed by atoms with van der Waals surface area (Å²) in [6.07, 6.45) is 5.08. The lowest BCUT2D eigenvalue weighted by molar-refractivity contribution is -0.125. The molecule has 0 aliphatic heterocycles. The first-order valence-electron chi connectivity index (χ1n) is 6.19. The Labute approximate surface area is 109 Å². The summed E-state index contributed by atoms with van der Waals surface area (Å²) in [4.78, 5) is 11.8. The van der Waals surface area contributed by atoms with Gasteiger partial charge in [-0.15, -0.1) is 0 Å². The van der Waals surface area contributed by atoms with E-state index in [0.717, 1.165) is 11.1 Å². The molecule has 0 radical (unpaired) electrons. The zero-order valence-corrected chi connectivity index (χ0v) is 11.5. The molecule has 18 heavy (non-hydrogen) atoms. The Morgan fingerprint density at radius 1 is 1.50 bits per heavy atom. The maximum absolute atomic E-state index is 11.8. The molecule has 0 heterocycles. The second kappa shape index (κ2) is 5.63. The zero-order chi connectivity index (χ0) is 13.9. The molecule has 1 aliphatic rings. The van der Waals surface area contributed by atoms with Gasteiger partial charge in [0, 0.05) is 0 Å². The van der Waals surface area contributed by atoms with Crippen molar-refractivity contribution < 1.29 is 15.0 Å². The second-order valence-corrected chi connectivity index (χ2v) is 5.47. The van der Waals surface area contributed by atoms with Gasteiger partial charge in [0.15, 0.2) is 5.78 Å². The first-order valence-corrected chi connectivity index (χ1v) is 6.19. The molecule has 3 nitrogen and oxygen atoms in total. The molecule has 0 aromatic carbocycles. The number of allylic oxidation sites excluding steroid dienone is 4. The van der Waals surface area contributed by atoms with Crippen molar-refractivity contribution in [2.75, 3.05) is 6.61 Å². The number of carbonyl (C=O) groups excluding carboxylic acids is 1. The highest BCUT2D eigenvalue weighted by molar-refractivity contribution is 6.00. The summed E-state index contributed by atoms with van der Waals surface area (Å²) in [7, 11) is 0. The maximum atomic E-state index is 11.8. The summed E-state index contributed by atoms with van der Waals surface area (Å²) in [5.74, 6) is -0.183. The van der Waals surface area contributed by atoms with Crippen LogP contribution in [0.5, 0.6) is 0 Å². The summed E-state index contributed by atoms with van der Waals surface area (Å²) in [6.45, 7) is 7.72. The summed E-state index contributed by atoms with van der Waals surface area (Å²) in [5, 5.41) is 18.5. The lowest BCUT2D eigenvalue weighted by atomic mass is 9.71. The van der Waals surface area contributed by atoms with Gasteiger partial charge in [0.05, 0.1) is 6.61 Å². The molecule has 1 aliphatic carbocycles. The summed E-state index contributed by atoms with van der Waals surface area (Å²) < 4.78 is 0. The minimum atomic E-state index is -0.883. The number of hydrogen-bond donors (Lipinski definition) is 2. The Balaban J connectivity index is 3.11. The molecule has 0 saturated heterocycles. The monoisotopic (exact) mass is 250 g/mol. The molecule has 1 rings (SSSR count). The number of Topliss-reactive ketones (excluding diaryl/α,β-unsaturated/α-hetero) is 1. The van der Waals surface area contributed by atoms with Crippen molar-refractivity contribution in [3.8, 4) is 0 Å². The molecule has 0 spiro atoms. The third-order valence-electron chi connectivity index (χ3n) is 3.44. The average molecular weight is 250 g/mol. The van der Waals surface area contributed by atoms with Crippen LogP contribution in [0.4, 0.5) is 0 Å². The quantitative estimate of drug-likeness (QED) is 0.755. The standard InChI is InChI=1S/C15H22O3/c1-10(7-8-16)5-6-12-11(2)14(18)13(17)9-15(12,3)4/h5-7,13,16-17H,8-9H2,1-4H3/b6-5+,10-7+/t13-/m0/s1. The van der Waals surface area contributed by atoms with Crippen molar-refractivity contribution in [2.45, 2.75) is 40.2 Å². The maximum Gasteiger partial charge on any atom is 0.187 e. The van der Waals surface area contributed by atoms with Crippen LogP contribution in [-0.4, -0.2) is 28.7 Å². The second-order valence-electron chi connectivity index (χ2n) is 5.47. The fourth-order valence-corrected chi connectivity index (χ4v) is 2.35. The Morgan fingerprint density at radius 2 is 2.11 bits per heavy atom. The highest BCUT2D eigenvalue weighted by atomic mass is 16.3. The molecular weight excluding hydrogens is 228 g/mol. The van der Waals surface area contributed by atoms with Crippen LogP contribution < -0.4 is 0 Å². The van der Waals surface area contributed by atoms with Crippen LogP contribution in [0.2, 0.25) is 0 Å². The number of ketones is 1. The van der Waals surface area contributed by atoms with Crippen molar-refractivity contribution in [1.82, 2.24) is 0 Å². The molecule has 3 heteroatoms. The van der Waals surface area contributed by atoms with Gasteiger partial charge in [0.2, 0.25) is 0 Å². The lowest BCUT2D eigenvalue weighted by Gasteiger charge is -2.34. The molecule has 0 aromatic rings. The number of carbonyl (C=O) groups is 1. The van der Waals surface area contributed by atoms with Gasteiger partial charge in [-0.05, 0) is 36.8 Å². The Bertz CT molecular complexity index is 425. The van der Waals surface area contributed by atoms with Crippen LogP contribution in [0.25, 0.3) is 0 Å². The largest absolute Gasteiger partial charge is 0.392 e. The van der Waals surface area contributed by atoms with Crippen molar-refractivity contribution in [3.63, 3.8) is 0 Å². The van der Waals surface area contributed by atoms with Gasteiger partial charge in [-0.1, -0.05) is 37.6 Å². The minimum absolute atomic E-state index is 0.00917. The molecule has 2 N–H and O–H groups in total. The van der Waals surface area contributed by atoms with E-state index in [9.17, 15) is 9.90 Å². The van der Waals surface area contributed by atoms with Gasteiger partial charge >= 0.3 is 0 Å². The van der Waals surface area contributed by atoms with Crippen molar-refractivity contribution in [2.24, 2.45) is 5.41 Å². The summed E-state index contributed by atoms with van der Waals surface area (Å²) in [5.41, 5.74) is 2.33. The highest BCUT2D eigenvalue weighted by Crippen LogP contribution is 2.39. The van der Waals surface area contributed by atoms with Crippen molar-refractivity contribution in [3.05, 3.63) is 34.9 Å². The normalized spacial score (nSPS) is 25.1. The fourth-order valence-electron chi connectivity index (χ4n) is 2.35. The van der Waals surface area contributed by atoms with Crippen molar-refractivity contribution in [1.29, 1.82) is 0 Å². The summed E-state index contributed by atoms with van der Waals surface area (Å²) >= 11 is 0. The van der Waals surface area contributed by atoms with E-state index in [1.165, 1.54) is 0 Å². The van der Waals surface area contributed by atoms with Gasteiger partial charge < -0.3 is 10.2 Å². The SMILES string of the molecule is CC1=C(/C=C/C(C)=C/CO)C(C)(C)C[C@H](O)C1=O. The molecule has 0 aromatic heterocycles. The van der Waals surface area contributed by atoms with Crippen LogP contribution in [0.3, 0.4) is 0 Å². The molecule has 0 fully saturated rings. The molecule has 100 valence electrons. The van der Waals surface area contributed by atoms with E-state index in [4.69, 9.17) is 5.11 Å². The van der Waals surface area contributed by atoms with Crippen LogP contribution in [0.1, 0.15) is 34.1 Å². The smallest absolute Gasteiger partial charge is 0.187 e. The Hall–Kier alpha value is -1.19. The van der Waals surface area contributed by atoms with E-state index in [2.05, 4.69) is 0 Å². The predicted octanol–water partition coefficient (Wildman–Crippen LogP) is 2.16. The van der Waals surface area contributed by atoms with Crippen LogP contribution in [0, 0.1) is 5.41 Å². The van der Waals surface area contributed by atoms with E-state index < -0.39 is 6.10 Å². The Kier molecular flexibility index (Phi) is 4.65. The number of rotatable bonds is 3. The summed E-state index contributed by atoms with van der Waals surface area (Å²) in [6, 6.07) is 0. The molecule has 0 amide bonds. The third-order valence-corrected chi connectivity index (χ3v) is 3.44. The van der Waals surface area contributed by atoms with Gasteiger partial charge in [0.1, 0.15) is 6.10 Å². The first-order chi connectivity index (χ1) is 8.29. The number of aliphatic hydroxyl groups excluding tert-OH is 2. The van der Waals surface area contributed by atoms with Crippen molar-refractivity contribution >= 4 is 5.78 Å². The van der Waals surface area contributed by atoms with Gasteiger partial charge in [0.25, 0.3) is 0 Å². The van der Waals surface area contributed by atoms with Crippen LogP contribution in [0.15, 0.2) is 34.9 Å². The van der Waals surface area contributed by atoms with E-state index in [1.54, 1.807) is 13.0 Å². The van der Waals surface area contributed by atoms with E-state index in [-0.39, 0.29) is 17.8 Å². The van der Waals surface area contributed by atoms with Gasteiger partial charge in [-0.3, -0.25) is 4.79 Å².